The SMILES string of the molecule is NCc1cc(Br)c2c(c1)CN(C(=O)O)C2. The second kappa shape index (κ2) is 3.83. The summed E-state index contributed by atoms with van der Waals surface area (Å²) in [7, 11) is 0. The zero-order valence-electron chi connectivity index (χ0n) is 8.03. The molecule has 1 heterocycles. The molecule has 15 heavy (non-hydrogen) atoms. The second-order valence-electron chi connectivity index (χ2n) is 3.56. The molecule has 0 atom stereocenters. The van der Waals surface area contributed by atoms with E-state index in [1.807, 2.05) is 12.1 Å². The van der Waals surface area contributed by atoms with Crippen molar-refractivity contribution in [3.63, 3.8) is 0 Å². The van der Waals surface area contributed by atoms with Gasteiger partial charge in [-0.1, -0.05) is 22.0 Å². The third-order valence-corrected chi connectivity index (χ3v) is 3.27. The lowest BCUT2D eigenvalue weighted by Gasteiger charge is -2.08. The van der Waals surface area contributed by atoms with Gasteiger partial charge in [0.05, 0.1) is 6.54 Å². The minimum Gasteiger partial charge on any atom is -0.465 e. The highest BCUT2D eigenvalue weighted by Crippen LogP contribution is 2.30. The van der Waals surface area contributed by atoms with Crippen molar-refractivity contribution in [3.8, 4) is 0 Å². The molecule has 1 aromatic rings. The first-order valence-corrected chi connectivity index (χ1v) is 5.39. The zero-order valence-corrected chi connectivity index (χ0v) is 9.62. The summed E-state index contributed by atoms with van der Waals surface area (Å²) in [4.78, 5) is 12.2. The van der Waals surface area contributed by atoms with Crippen molar-refractivity contribution < 1.29 is 9.90 Å². The lowest BCUT2D eigenvalue weighted by molar-refractivity contribution is 0.145. The van der Waals surface area contributed by atoms with E-state index in [0.717, 1.165) is 21.2 Å². The van der Waals surface area contributed by atoms with Gasteiger partial charge in [0, 0.05) is 17.6 Å². The van der Waals surface area contributed by atoms with Crippen LogP contribution < -0.4 is 5.73 Å². The Kier molecular flexibility index (Phi) is 2.67. The Bertz CT molecular complexity index is 420. The first-order valence-electron chi connectivity index (χ1n) is 4.60. The molecule has 5 heteroatoms. The minimum absolute atomic E-state index is 0.454. The molecule has 0 radical (unpaired) electrons. The number of nitrogens with zero attached hydrogens (tertiary/aromatic N) is 1. The van der Waals surface area contributed by atoms with Crippen molar-refractivity contribution in [2.24, 2.45) is 5.73 Å². The summed E-state index contributed by atoms with van der Waals surface area (Å²) in [5.74, 6) is 0. The van der Waals surface area contributed by atoms with Crippen molar-refractivity contribution in [1.82, 2.24) is 4.90 Å². The summed E-state index contributed by atoms with van der Waals surface area (Å²) < 4.78 is 0.948. The molecule has 0 spiro atoms. The fourth-order valence-corrected chi connectivity index (χ4v) is 2.45. The Morgan fingerprint density at radius 1 is 1.53 bits per heavy atom. The largest absolute Gasteiger partial charge is 0.465 e. The number of carboxylic acid groups (broad SMARTS) is 1. The van der Waals surface area contributed by atoms with Crippen molar-refractivity contribution in [2.45, 2.75) is 19.6 Å². The van der Waals surface area contributed by atoms with E-state index in [-0.39, 0.29) is 0 Å². The van der Waals surface area contributed by atoms with E-state index in [9.17, 15) is 4.79 Å². The van der Waals surface area contributed by atoms with Crippen LogP contribution in [0.15, 0.2) is 16.6 Å². The maximum Gasteiger partial charge on any atom is 0.407 e. The van der Waals surface area contributed by atoms with Gasteiger partial charge in [0.25, 0.3) is 0 Å². The molecule has 0 aromatic heterocycles. The number of rotatable bonds is 1. The highest BCUT2D eigenvalue weighted by molar-refractivity contribution is 9.10. The van der Waals surface area contributed by atoms with Crippen LogP contribution in [-0.2, 0) is 19.6 Å². The summed E-state index contributed by atoms with van der Waals surface area (Å²) in [6.07, 6.45) is -0.882. The van der Waals surface area contributed by atoms with Gasteiger partial charge in [0.15, 0.2) is 0 Å². The standard InChI is InChI=1S/C10H11BrN2O2/c11-9-2-6(3-12)1-7-4-13(10(14)15)5-8(7)9/h1-2H,3-5,12H2,(H,14,15). The van der Waals surface area contributed by atoms with Gasteiger partial charge < -0.3 is 10.8 Å². The number of hydrogen-bond donors (Lipinski definition) is 2. The predicted octanol–water partition coefficient (Wildman–Crippen LogP) is 1.90. The molecule has 1 amide bonds. The number of benzene rings is 1. The van der Waals surface area contributed by atoms with Gasteiger partial charge in [-0.05, 0) is 22.8 Å². The Morgan fingerprint density at radius 3 is 2.87 bits per heavy atom. The highest BCUT2D eigenvalue weighted by atomic mass is 79.9. The van der Waals surface area contributed by atoms with E-state index in [4.69, 9.17) is 10.8 Å². The molecule has 0 saturated heterocycles. The summed E-state index contributed by atoms with van der Waals surface area (Å²) >= 11 is 3.44. The molecule has 0 unspecified atom stereocenters. The molecular weight excluding hydrogens is 260 g/mol. The zero-order chi connectivity index (χ0) is 11.0. The summed E-state index contributed by atoms with van der Waals surface area (Å²) in [6.45, 7) is 1.38. The number of hydrogen-bond acceptors (Lipinski definition) is 2. The van der Waals surface area contributed by atoms with Crippen LogP contribution in [0.5, 0.6) is 0 Å². The van der Waals surface area contributed by atoms with Gasteiger partial charge >= 0.3 is 6.09 Å². The van der Waals surface area contributed by atoms with E-state index in [2.05, 4.69) is 15.9 Å². The molecule has 3 N–H and O–H groups in total. The summed E-state index contributed by atoms with van der Waals surface area (Å²) in [5, 5.41) is 8.89. The van der Waals surface area contributed by atoms with E-state index in [1.54, 1.807) is 0 Å². The maximum absolute atomic E-state index is 10.8. The third kappa shape index (κ3) is 1.85. The molecule has 1 aliphatic rings. The quantitative estimate of drug-likeness (QED) is 0.819. The molecule has 0 fully saturated rings. The van der Waals surface area contributed by atoms with Crippen LogP contribution in [0.3, 0.4) is 0 Å². The Morgan fingerprint density at radius 2 is 2.27 bits per heavy atom. The van der Waals surface area contributed by atoms with Crippen LogP contribution in [-0.4, -0.2) is 16.1 Å². The smallest absolute Gasteiger partial charge is 0.407 e. The van der Waals surface area contributed by atoms with Crippen molar-refractivity contribution >= 4 is 22.0 Å². The van der Waals surface area contributed by atoms with Gasteiger partial charge in [-0.25, -0.2) is 4.79 Å². The number of nitrogens with two attached hydrogens (primary N) is 1. The molecular formula is C10H11BrN2O2. The van der Waals surface area contributed by atoms with Crippen LogP contribution in [0.4, 0.5) is 4.79 Å². The fraction of sp³-hybridized carbons (Fsp3) is 0.300. The Hall–Kier alpha value is -1.07. The van der Waals surface area contributed by atoms with Gasteiger partial charge in [-0.15, -0.1) is 0 Å². The highest BCUT2D eigenvalue weighted by Gasteiger charge is 2.24. The van der Waals surface area contributed by atoms with E-state index in [0.29, 0.717) is 19.6 Å². The van der Waals surface area contributed by atoms with Crippen molar-refractivity contribution in [1.29, 1.82) is 0 Å². The first kappa shape index (κ1) is 10.4. The first-order chi connectivity index (χ1) is 7.11. The normalized spacial score (nSPS) is 14.1. The average molecular weight is 271 g/mol. The maximum atomic E-state index is 10.8. The topological polar surface area (TPSA) is 66.6 Å². The molecule has 80 valence electrons. The summed E-state index contributed by atoms with van der Waals surface area (Å²) in [6, 6.07) is 3.92. The minimum atomic E-state index is -0.882. The van der Waals surface area contributed by atoms with Crippen LogP contribution in [0.2, 0.25) is 0 Å². The number of fused-ring (bicyclic) bond motifs is 1. The Labute approximate surface area is 95.8 Å². The van der Waals surface area contributed by atoms with E-state index < -0.39 is 6.09 Å². The Balaban J connectivity index is 2.37. The molecule has 1 aliphatic heterocycles. The van der Waals surface area contributed by atoms with Crippen LogP contribution in [0.1, 0.15) is 16.7 Å². The average Bonchev–Trinajstić information content (AvgIpc) is 2.61. The number of amides is 1. The molecule has 1 aromatic carbocycles. The lowest BCUT2D eigenvalue weighted by Crippen LogP contribution is -2.22. The second-order valence-corrected chi connectivity index (χ2v) is 4.41. The molecule has 2 rings (SSSR count). The summed E-state index contributed by atoms with van der Waals surface area (Å²) in [5.41, 5.74) is 8.68. The lowest BCUT2D eigenvalue weighted by atomic mass is 10.1. The fourth-order valence-electron chi connectivity index (χ4n) is 1.78. The molecule has 0 aliphatic carbocycles. The monoisotopic (exact) mass is 270 g/mol. The van der Waals surface area contributed by atoms with E-state index in [1.165, 1.54) is 4.90 Å². The predicted molar refractivity (Wildman–Crippen MR) is 59.3 cm³/mol. The van der Waals surface area contributed by atoms with Crippen molar-refractivity contribution in [2.75, 3.05) is 0 Å². The van der Waals surface area contributed by atoms with Gasteiger partial charge in [-0.3, -0.25) is 4.90 Å². The third-order valence-electron chi connectivity index (χ3n) is 2.56. The molecule has 0 saturated carbocycles. The van der Waals surface area contributed by atoms with Gasteiger partial charge in [0.1, 0.15) is 0 Å². The molecule has 0 bridgehead atoms. The molecule has 4 nitrogen and oxygen atoms in total. The van der Waals surface area contributed by atoms with Crippen LogP contribution >= 0.6 is 15.9 Å². The van der Waals surface area contributed by atoms with Crippen LogP contribution in [0, 0.1) is 0 Å². The van der Waals surface area contributed by atoms with Gasteiger partial charge in [0.2, 0.25) is 0 Å². The number of halogens is 1. The van der Waals surface area contributed by atoms with Gasteiger partial charge in [-0.2, -0.15) is 0 Å². The van der Waals surface area contributed by atoms with Crippen molar-refractivity contribution in [3.05, 3.63) is 33.3 Å². The van der Waals surface area contributed by atoms with Crippen LogP contribution in [0.25, 0.3) is 0 Å². The number of carbonyl (C=O) groups is 1. The van der Waals surface area contributed by atoms with E-state index >= 15 is 0 Å².